The molecule has 1 unspecified atom stereocenters. The number of carbonyl (C=O) groups is 1. The first-order valence-corrected chi connectivity index (χ1v) is 5.52. The smallest absolute Gasteiger partial charge is 0.132 e. The van der Waals surface area contributed by atoms with Gasteiger partial charge in [0.15, 0.2) is 0 Å². The van der Waals surface area contributed by atoms with Gasteiger partial charge in [-0.25, -0.2) is 0 Å². The van der Waals surface area contributed by atoms with Gasteiger partial charge >= 0.3 is 0 Å². The molecule has 1 saturated carbocycles. The third-order valence-corrected chi connectivity index (χ3v) is 3.18. The normalized spacial score (nSPS) is 20.2. The molecular weight excluding hydrogens is 188 g/mol. The van der Waals surface area contributed by atoms with Crippen LogP contribution in [0.15, 0.2) is 30.3 Å². The van der Waals surface area contributed by atoms with Gasteiger partial charge in [-0.2, -0.15) is 0 Å². The Morgan fingerprint density at radius 1 is 1.13 bits per heavy atom. The van der Waals surface area contributed by atoms with E-state index < -0.39 is 6.10 Å². The zero-order valence-corrected chi connectivity index (χ0v) is 8.73. The van der Waals surface area contributed by atoms with Crippen LogP contribution in [0.25, 0.3) is 0 Å². The molecule has 15 heavy (non-hydrogen) atoms. The Morgan fingerprint density at radius 2 is 1.73 bits per heavy atom. The van der Waals surface area contributed by atoms with Gasteiger partial charge in [0.1, 0.15) is 5.78 Å². The lowest BCUT2D eigenvalue weighted by Crippen LogP contribution is -2.20. The number of hydrogen-bond donors (Lipinski definition) is 1. The van der Waals surface area contributed by atoms with Crippen LogP contribution in [0, 0.1) is 5.92 Å². The van der Waals surface area contributed by atoms with Crippen molar-refractivity contribution < 1.29 is 9.90 Å². The molecule has 1 atom stereocenters. The Hall–Kier alpha value is -1.15. The molecule has 0 amide bonds. The molecule has 1 aliphatic carbocycles. The Balaban J connectivity index is 2.02. The molecule has 0 heterocycles. The largest absolute Gasteiger partial charge is 0.388 e. The van der Waals surface area contributed by atoms with Crippen molar-refractivity contribution in [2.45, 2.75) is 31.8 Å². The van der Waals surface area contributed by atoms with Crippen LogP contribution in [0.1, 0.15) is 37.4 Å². The summed E-state index contributed by atoms with van der Waals surface area (Å²) in [4.78, 5) is 11.1. The monoisotopic (exact) mass is 204 g/mol. The molecule has 0 aromatic heterocycles. The molecule has 2 heteroatoms. The number of ketones is 1. The van der Waals surface area contributed by atoms with E-state index in [1.165, 1.54) is 0 Å². The van der Waals surface area contributed by atoms with E-state index in [2.05, 4.69) is 0 Å². The van der Waals surface area contributed by atoms with E-state index in [4.69, 9.17) is 0 Å². The van der Waals surface area contributed by atoms with E-state index in [1.807, 2.05) is 30.3 Å². The predicted molar refractivity (Wildman–Crippen MR) is 58.4 cm³/mol. The second-order valence-corrected chi connectivity index (χ2v) is 4.23. The number of aliphatic hydroxyl groups is 1. The maximum absolute atomic E-state index is 11.1. The van der Waals surface area contributed by atoms with Gasteiger partial charge in [0, 0.05) is 12.8 Å². The zero-order chi connectivity index (χ0) is 10.7. The van der Waals surface area contributed by atoms with Gasteiger partial charge in [0.25, 0.3) is 0 Å². The van der Waals surface area contributed by atoms with Gasteiger partial charge in [0.05, 0.1) is 6.10 Å². The molecule has 1 fully saturated rings. The van der Waals surface area contributed by atoms with E-state index in [1.54, 1.807) is 0 Å². The fourth-order valence-electron chi connectivity index (χ4n) is 2.20. The third kappa shape index (κ3) is 2.45. The standard InChI is InChI=1S/C13H16O2/c14-12-8-6-11(7-9-12)13(15)10-4-2-1-3-5-10/h1-5,11,13,15H,6-9H2. The maximum Gasteiger partial charge on any atom is 0.132 e. The quantitative estimate of drug-likeness (QED) is 0.803. The highest BCUT2D eigenvalue weighted by atomic mass is 16.3. The molecule has 1 aromatic rings. The number of benzene rings is 1. The first-order valence-electron chi connectivity index (χ1n) is 5.52. The molecule has 0 saturated heterocycles. The van der Waals surface area contributed by atoms with Crippen molar-refractivity contribution in [3.8, 4) is 0 Å². The second-order valence-electron chi connectivity index (χ2n) is 4.23. The van der Waals surface area contributed by atoms with Crippen LogP contribution in [-0.4, -0.2) is 10.9 Å². The summed E-state index contributed by atoms with van der Waals surface area (Å²) in [5.41, 5.74) is 0.969. The summed E-state index contributed by atoms with van der Waals surface area (Å²) in [6, 6.07) is 9.71. The summed E-state index contributed by atoms with van der Waals surface area (Å²) in [5.74, 6) is 0.594. The zero-order valence-electron chi connectivity index (χ0n) is 8.73. The lowest BCUT2D eigenvalue weighted by atomic mass is 9.82. The van der Waals surface area contributed by atoms with Gasteiger partial charge in [-0.3, -0.25) is 4.79 Å². The Labute approximate surface area is 89.9 Å². The minimum Gasteiger partial charge on any atom is -0.388 e. The number of Topliss-reactive ketones (excluding diaryl/α,β-unsaturated/α-hetero) is 1. The third-order valence-electron chi connectivity index (χ3n) is 3.18. The fourth-order valence-corrected chi connectivity index (χ4v) is 2.20. The number of rotatable bonds is 2. The first kappa shape index (κ1) is 10.4. The van der Waals surface area contributed by atoms with Crippen molar-refractivity contribution in [1.82, 2.24) is 0 Å². The number of hydrogen-bond acceptors (Lipinski definition) is 2. The fraction of sp³-hybridized carbons (Fsp3) is 0.462. The molecular formula is C13H16O2. The van der Waals surface area contributed by atoms with E-state index in [-0.39, 0.29) is 5.92 Å². The summed E-state index contributed by atoms with van der Waals surface area (Å²) >= 11 is 0. The van der Waals surface area contributed by atoms with Crippen LogP contribution in [0.3, 0.4) is 0 Å². The summed E-state index contributed by atoms with van der Waals surface area (Å²) < 4.78 is 0. The van der Waals surface area contributed by atoms with Crippen LogP contribution in [0.4, 0.5) is 0 Å². The van der Waals surface area contributed by atoms with E-state index in [0.29, 0.717) is 18.6 Å². The van der Waals surface area contributed by atoms with E-state index >= 15 is 0 Å². The van der Waals surface area contributed by atoms with Crippen molar-refractivity contribution in [2.75, 3.05) is 0 Å². The summed E-state index contributed by atoms with van der Waals surface area (Å²) in [5, 5.41) is 10.1. The SMILES string of the molecule is O=C1CCC(C(O)c2ccccc2)CC1. The average Bonchev–Trinajstić information content (AvgIpc) is 2.30. The molecule has 0 radical (unpaired) electrons. The van der Waals surface area contributed by atoms with Crippen molar-refractivity contribution in [2.24, 2.45) is 5.92 Å². The molecule has 0 bridgehead atoms. The van der Waals surface area contributed by atoms with Crippen LogP contribution in [0.2, 0.25) is 0 Å². The maximum atomic E-state index is 11.1. The topological polar surface area (TPSA) is 37.3 Å². The highest BCUT2D eigenvalue weighted by Crippen LogP contribution is 2.32. The summed E-state index contributed by atoms with van der Waals surface area (Å²) in [6.45, 7) is 0. The highest BCUT2D eigenvalue weighted by molar-refractivity contribution is 5.79. The molecule has 80 valence electrons. The highest BCUT2D eigenvalue weighted by Gasteiger charge is 2.25. The minimum absolute atomic E-state index is 0.255. The molecule has 0 spiro atoms. The number of carbonyl (C=O) groups excluding carboxylic acids is 1. The van der Waals surface area contributed by atoms with E-state index in [9.17, 15) is 9.90 Å². The van der Waals surface area contributed by atoms with Gasteiger partial charge < -0.3 is 5.11 Å². The van der Waals surface area contributed by atoms with Crippen LogP contribution in [0.5, 0.6) is 0 Å². The average molecular weight is 204 g/mol. The first-order chi connectivity index (χ1) is 7.27. The van der Waals surface area contributed by atoms with Gasteiger partial charge in [-0.15, -0.1) is 0 Å². The van der Waals surface area contributed by atoms with Crippen molar-refractivity contribution >= 4 is 5.78 Å². The molecule has 0 aliphatic heterocycles. The predicted octanol–water partition coefficient (Wildman–Crippen LogP) is 2.48. The second kappa shape index (κ2) is 4.58. The minimum atomic E-state index is -0.403. The van der Waals surface area contributed by atoms with Crippen molar-refractivity contribution in [3.63, 3.8) is 0 Å². The Morgan fingerprint density at radius 3 is 2.33 bits per heavy atom. The molecule has 1 aromatic carbocycles. The number of aliphatic hydroxyl groups excluding tert-OH is 1. The Kier molecular flexibility index (Phi) is 3.17. The van der Waals surface area contributed by atoms with Crippen LogP contribution >= 0.6 is 0 Å². The van der Waals surface area contributed by atoms with Crippen LogP contribution in [-0.2, 0) is 4.79 Å². The van der Waals surface area contributed by atoms with Crippen LogP contribution < -0.4 is 0 Å². The summed E-state index contributed by atoms with van der Waals surface area (Å²) in [6.07, 6.45) is 2.52. The molecule has 1 aliphatic rings. The molecule has 2 rings (SSSR count). The molecule has 1 N–H and O–H groups in total. The Bertz CT molecular complexity index is 322. The summed E-state index contributed by atoms with van der Waals surface area (Å²) in [7, 11) is 0. The lowest BCUT2D eigenvalue weighted by molar-refractivity contribution is -0.121. The van der Waals surface area contributed by atoms with E-state index in [0.717, 1.165) is 18.4 Å². The van der Waals surface area contributed by atoms with Crippen molar-refractivity contribution in [1.29, 1.82) is 0 Å². The van der Waals surface area contributed by atoms with Gasteiger partial charge in [0.2, 0.25) is 0 Å². The molecule has 2 nitrogen and oxygen atoms in total. The van der Waals surface area contributed by atoms with Gasteiger partial charge in [-0.05, 0) is 24.3 Å². The van der Waals surface area contributed by atoms with Crippen molar-refractivity contribution in [3.05, 3.63) is 35.9 Å². The van der Waals surface area contributed by atoms with Gasteiger partial charge in [-0.1, -0.05) is 30.3 Å². The lowest BCUT2D eigenvalue weighted by Gasteiger charge is -2.26.